The molecule has 1 aliphatic carbocycles. The molecular weight excluding hydrogens is 226 g/mol. The van der Waals surface area contributed by atoms with Gasteiger partial charge >= 0.3 is 0 Å². The van der Waals surface area contributed by atoms with Crippen LogP contribution in [0.3, 0.4) is 0 Å². The molecule has 1 saturated carbocycles. The van der Waals surface area contributed by atoms with Crippen molar-refractivity contribution in [2.75, 3.05) is 12.3 Å². The minimum absolute atomic E-state index is 0.530. The lowest BCUT2D eigenvalue weighted by Gasteiger charge is -2.27. The quantitative estimate of drug-likeness (QED) is 0.758. The van der Waals surface area contributed by atoms with Gasteiger partial charge in [-0.15, -0.1) is 0 Å². The molecule has 1 heterocycles. The lowest BCUT2D eigenvalue weighted by atomic mass is 9.85. The first-order valence-corrected chi connectivity index (χ1v) is 8.35. The number of hydrogen-bond acceptors (Lipinski definition) is 2. The maximum Gasteiger partial charge on any atom is 0.0256 e. The SMILES string of the molecule is CC1(C)CCCC(NCC2(C)CCCS2)CC1. The van der Waals surface area contributed by atoms with E-state index in [4.69, 9.17) is 0 Å². The second kappa shape index (κ2) is 5.52. The lowest BCUT2D eigenvalue weighted by Crippen LogP contribution is -2.39. The second-order valence-electron chi connectivity index (χ2n) is 7.07. The molecule has 2 rings (SSSR count). The fourth-order valence-electron chi connectivity index (χ4n) is 3.20. The second-order valence-corrected chi connectivity index (χ2v) is 8.76. The first-order valence-electron chi connectivity index (χ1n) is 7.37. The monoisotopic (exact) mass is 255 g/mol. The van der Waals surface area contributed by atoms with E-state index >= 15 is 0 Å². The van der Waals surface area contributed by atoms with E-state index in [1.54, 1.807) is 0 Å². The summed E-state index contributed by atoms with van der Waals surface area (Å²) in [4.78, 5) is 0. The van der Waals surface area contributed by atoms with Crippen LogP contribution in [0.25, 0.3) is 0 Å². The summed E-state index contributed by atoms with van der Waals surface area (Å²) < 4.78 is 0.530. The Balaban J connectivity index is 1.75. The Morgan fingerprint density at radius 1 is 1.06 bits per heavy atom. The summed E-state index contributed by atoms with van der Waals surface area (Å²) in [5.41, 5.74) is 0.586. The third-order valence-electron chi connectivity index (χ3n) is 4.64. The summed E-state index contributed by atoms with van der Waals surface area (Å²) in [6, 6.07) is 0.787. The average molecular weight is 255 g/mol. The predicted molar refractivity (Wildman–Crippen MR) is 78.8 cm³/mol. The van der Waals surface area contributed by atoms with Gasteiger partial charge in [0, 0.05) is 17.3 Å². The molecule has 0 amide bonds. The van der Waals surface area contributed by atoms with Crippen molar-refractivity contribution in [2.24, 2.45) is 5.41 Å². The van der Waals surface area contributed by atoms with Crippen molar-refractivity contribution < 1.29 is 0 Å². The van der Waals surface area contributed by atoms with Crippen LogP contribution in [-0.4, -0.2) is 23.1 Å². The van der Waals surface area contributed by atoms with Gasteiger partial charge in [-0.05, 0) is 56.6 Å². The Morgan fingerprint density at radius 2 is 1.88 bits per heavy atom. The normalized spacial score (nSPS) is 37.9. The molecule has 0 bridgehead atoms. The maximum atomic E-state index is 3.86. The van der Waals surface area contributed by atoms with E-state index in [1.807, 2.05) is 0 Å². The van der Waals surface area contributed by atoms with Crippen LogP contribution in [0.1, 0.15) is 65.7 Å². The number of rotatable bonds is 3. The van der Waals surface area contributed by atoms with Crippen molar-refractivity contribution >= 4 is 11.8 Å². The van der Waals surface area contributed by atoms with Crippen molar-refractivity contribution in [2.45, 2.75) is 76.5 Å². The van der Waals surface area contributed by atoms with Crippen molar-refractivity contribution in [1.82, 2.24) is 5.32 Å². The standard InChI is InChI=1S/C15H29NS/c1-14(2)8-4-6-13(7-10-14)16-12-15(3)9-5-11-17-15/h13,16H,4-12H2,1-3H3. The zero-order chi connectivity index (χ0) is 12.4. The Kier molecular flexibility index (Phi) is 4.46. The fourth-order valence-corrected chi connectivity index (χ4v) is 4.46. The average Bonchev–Trinajstić information content (AvgIpc) is 2.61. The largest absolute Gasteiger partial charge is 0.313 e. The molecule has 0 aromatic rings. The molecule has 0 aromatic heterocycles. The first-order chi connectivity index (χ1) is 7.99. The van der Waals surface area contributed by atoms with Crippen LogP contribution in [0.4, 0.5) is 0 Å². The van der Waals surface area contributed by atoms with Crippen LogP contribution in [-0.2, 0) is 0 Å². The molecule has 2 aliphatic rings. The van der Waals surface area contributed by atoms with E-state index in [0.717, 1.165) is 6.04 Å². The molecule has 2 unspecified atom stereocenters. The molecule has 1 nitrogen and oxygen atoms in total. The van der Waals surface area contributed by atoms with E-state index in [0.29, 0.717) is 10.2 Å². The van der Waals surface area contributed by atoms with Crippen molar-refractivity contribution in [3.05, 3.63) is 0 Å². The molecule has 2 heteroatoms. The third-order valence-corrected chi connectivity index (χ3v) is 6.18. The van der Waals surface area contributed by atoms with Crippen LogP contribution in [0, 0.1) is 5.41 Å². The highest BCUT2D eigenvalue weighted by Gasteiger charge is 2.31. The van der Waals surface area contributed by atoms with E-state index in [9.17, 15) is 0 Å². The summed E-state index contributed by atoms with van der Waals surface area (Å²) in [5, 5.41) is 3.86. The smallest absolute Gasteiger partial charge is 0.0256 e. The van der Waals surface area contributed by atoms with E-state index < -0.39 is 0 Å². The number of thioether (sulfide) groups is 1. The molecule has 2 fully saturated rings. The molecule has 1 aliphatic heterocycles. The van der Waals surface area contributed by atoms with Crippen LogP contribution in [0.15, 0.2) is 0 Å². The van der Waals surface area contributed by atoms with Gasteiger partial charge in [-0.2, -0.15) is 11.8 Å². The molecule has 0 aromatic carbocycles. The minimum atomic E-state index is 0.530. The molecule has 2 atom stereocenters. The molecule has 17 heavy (non-hydrogen) atoms. The van der Waals surface area contributed by atoms with Crippen LogP contribution < -0.4 is 5.32 Å². The molecule has 100 valence electrons. The minimum Gasteiger partial charge on any atom is -0.313 e. The molecule has 0 spiro atoms. The molecule has 0 radical (unpaired) electrons. The summed E-state index contributed by atoms with van der Waals surface area (Å²) >= 11 is 2.18. The number of nitrogens with one attached hydrogen (secondary N) is 1. The van der Waals surface area contributed by atoms with Gasteiger partial charge in [0.05, 0.1) is 0 Å². The Hall–Kier alpha value is 0.310. The van der Waals surface area contributed by atoms with Crippen molar-refractivity contribution in [3.8, 4) is 0 Å². The van der Waals surface area contributed by atoms with Gasteiger partial charge in [0.25, 0.3) is 0 Å². The van der Waals surface area contributed by atoms with E-state index in [2.05, 4.69) is 37.8 Å². The molecule has 1 saturated heterocycles. The molecule has 1 N–H and O–H groups in total. The van der Waals surface area contributed by atoms with Crippen molar-refractivity contribution in [3.63, 3.8) is 0 Å². The Morgan fingerprint density at radius 3 is 2.59 bits per heavy atom. The summed E-state index contributed by atoms with van der Waals surface area (Å²) in [6.45, 7) is 8.54. The third kappa shape index (κ3) is 4.17. The Bertz CT molecular complexity index is 243. The number of hydrogen-bond donors (Lipinski definition) is 1. The van der Waals surface area contributed by atoms with Gasteiger partial charge < -0.3 is 5.32 Å². The van der Waals surface area contributed by atoms with Gasteiger partial charge in [-0.1, -0.05) is 20.3 Å². The highest BCUT2D eigenvalue weighted by molar-refractivity contribution is 8.00. The van der Waals surface area contributed by atoms with E-state index in [-0.39, 0.29) is 0 Å². The highest BCUT2D eigenvalue weighted by atomic mass is 32.2. The van der Waals surface area contributed by atoms with Gasteiger partial charge in [-0.25, -0.2) is 0 Å². The van der Waals surface area contributed by atoms with Crippen molar-refractivity contribution in [1.29, 1.82) is 0 Å². The van der Waals surface area contributed by atoms with Gasteiger partial charge in [0.1, 0.15) is 0 Å². The molecular formula is C15H29NS. The predicted octanol–water partition coefficient (Wildman–Crippen LogP) is 4.22. The van der Waals surface area contributed by atoms with Gasteiger partial charge in [-0.3, -0.25) is 0 Å². The Labute approximate surface area is 112 Å². The summed E-state index contributed by atoms with van der Waals surface area (Å²) in [6.07, 6.45) is 9.82. The van der Waals surface area contributed by atoms with Crippen LogP contribution in [0.2, 0.25) is 0 Å². The van der Waals surface area contributed by atoms with Crippen LogP contribution >= 0.6 is 11.8 Å². The topological polar surface area (TPSA) is 12.0 Å². The highest BCUT2D eigenvalue weighted by Crippen LogP contribution is 2.38. The van der Waals surface area contributed by atoms with Gasteiger partial charge in [0.2, 0.25) is 0 Å². The zero-order valence-electron chi connectivity index (χ0n) is 11.8. The zero-order valence-corrected chi connectivity index (χ0v) is 12.7. The summed E-state index contributed by atoms with van der Waals surface area (Å²) in [5.74, 6) is 1.37. The fraction of sp³-hybridized carbons (Fsp3) is 1.00. The first kappa shape index (κ1) is 13.7. The van der Waals surface area contributed by atoms with E-state index in [1.165, 1.54) is 57.2 Å². The summed E-state index contributed by atoms with van der Waals surface area (Å²) in [7, 11) is 0. The van der Waals surface area contributed by atoms with Gasteiger partial charge in [0.15, 0.2) is 0 Å². The maximum absolute atomic E-state index is 3.86. The van der Waals surface area contributed by atoms with Crippen LogP contribution in [0.5, 0.6) is 0 Å². The lowest BCUT2D eigenvalue weighted by molar-refractivity contribution is 0.309.